The Labute approximate surface area is 216 Å². The number of primary sulfonamides is 1. The maximum Gasteiger partial charge on any atom is 0.258 e. The van der Waals surface area contributed by atoms with Crippen molar-refractivity contribution in [1.82, 2.24) is 4.98 Å². The lowest BCUT2D eigenvalue weighted by Gasteiger charge is -2.13. The summed E-state index contributed by atoms with van der Waals surface area (Å²) in [4.78, 5) is 30.0. The third-order valence-corrected chi connectivity index (χ3v) is 6.73. The summed E-state index contributed by atoms with van der Waals surface area (Å²) in [6.07, 6.45) is 1.57. The summed E-state index contributed by atoms with van der Waals surface area (Å²) < 4.78 is 24.6. The first-order valence-electron chi connectivity index (χ1n) is 10.7. The molecule has 0 aliphatic heterocycles. The van der Waals surface area contributed by atoms with Gasteiger partial charge in [0.2, 0.25) is 10.0 Å². The minimum atomic E-state index is -3.91. The molecular weight excluding hydrogens is 544 g/mol. The number of halogens is 1. The molecule has 0 radical (unpaired) electrons. The summed E-state index contributed by atoms with van der Waals surface area (Å²) >= 11 is 3.30. The normalized spacial score (nSPS) is 11.1. The van der Waals surface area contributed by atoms with Gasteiger partial charge in [0.1, 0.15) is 5.82 Å². The lowest BCUT2D eigenvalue weighted by molar-refractivity contribution is 0.102. The Bertz CT molecular complexity index is 1550. The Hall–Kier alpha value is -3.86. The van der Waals surface area contributed by atoms with Crippen LogP contribution in [0, 0.1) is 6.92 Å². The van der Waals surface area contributed by atoms with E-state index in [1.807, 2.05) is 6.92 Å². The van der Waals surface area contributed by atoms with E-state index in [1.165, 1.54) is 6.07 Å². The molecule has 0 bridgehead atoms. The summed E-state index contributed by atoms with van der Waals surface area (Å²) in [5.74, 6) is -0.478. The maximum absolute atomic E-state index is 13.0. The SMILES string of the molecule is Cc1ccc(C(=O)Nc2ccc(Br)cn2)c(NC(=O)c2ccc(-c3ccccc3S(N)(=O)=O)cc2)c1. The van der Waals surface area contributed by atoms with Gasteiger partial charge in [-0.3, -0.25) is 9.59 Å². The van der Waals surface area contributed by atoms with Gasteiger partial charge in [-0.15, -0.1) is 0 Å². The Kier molecular flexibility index (Phi) is 7.30. The molecule has 4 rings (SSSR count). The van der Waals surface area contributed by atoms with Gasteiger partial charge in [0.25, 0.3) is 11.8 Å². The fourth-order valence-electron chi connectivity index (χ4n) is 3.54. The molecule has 1 heterocycles. The van der Waals surface area contributed by atoms with E-state index in [-0.39, 0.29) is 10.5 Å². The number of nitrogens with one attached hydrogen (secondary N) is 2. The van der Waals surface area contributed by atoms with E-state index in [0.717, 1.165) is 10.0 Å². The molecule has 0 atom stereocenters. The Balaban J connectivity index is 1.57. The van der Waals surface area contributed by atoms with Crippen LogP contribution in [0.1, 0.15) is 26.3 Å². The van der Waals surface area contributed by atoms with Gasteiger partial charge in [-0.25, -0.2) is 18.5 Å². The molecule has 182 valence electrons. The van der Waals surface area contributed by atoms with Crippen LogP contribution < -0.4 is 15.8 Å². The quantitative estimate of drug-likeness (QED) is 0.304. The van der Waals surface area contributed by atoms with Crippen molar-refractivity contribution < 1.29 is 18.0 Å². The van der Waals surface area contributed by atoms with Crippen LogP contribution in [-0.2, 0) is 10.0 Å². The third kappa shape index (κ3) is 5.85. The second-order valence-electron chi connectivity index (χ2n) is 7.94. The molecule has 0 fully saturated rings. The summed E-state index contributed by atoms with van der Waals surface area (Å²) in [6, 6.07) is 21.3. The lowest BCUT2D eigenvalue weighted by atomic mass is 10.0. The van der Waals surface area contributed by atoms with Crippen LogP contribution in [0.4, 0.5) is 11.5 Å². The zero-order valence-corrected chi connectivity index (χ0v) is 21.4. The van der Waals surface area contributed by atoms with Gasteiger partial charge in [0, 0.05) is 21.8 Å². The highest BCUT2D eigenvalue weighted by Crippen LogP contribution is 2.27. The second-order valence-corrected chi connectivity index (χ2v) is 10.4. The minimum Gasteiger partial charge on any atom is -0.321 e. The van der Waals surface area contributed by atoms with Gasteiger partial charge in [-0.1, -0.05) is 36.4 Å². The van der Waals surface area contributed by atoms with Crippen molar-refractivity contribution in [1.29, 1.82) is 0 Å². The predicted molar refractivity (Wildman–Crippen MR) is 142 cm³/mol. The summed E-state index contributed by atoms with van der Waals surface area (Å²) in [6.45, 7) is 1.85. The molecule has 0 saturated carbocycles. The molecular formula is C26H21BrN4O4S. The molecule has 3 aromatic carbocycles. The van der Waals surface area contributed by atoms with Crippen molar-refractivity contribution in [3.8, 4) is 11.1 Å². The highest BCUT2D eigenvalue weighted by atomic mass is 79.9. The second kappa shape index (κ2) is 10.4. The molecule has 2 amide bonds. The number of nitrogens with zero attached hydrogens (tertiary/aromatic N) is 1. The number of hydrogen-bond donors (Lipinski definition) is 3. The average Bonchev–Trinajstić information content (AvgIpc) is 2.85. The van der Waals surface area contributed by atoms with E-state index >= 15 is 0 Å². The number of pyridine rings is 1. The van der Waals surface area contributed by atoms with Crippen molar-refractivity contribution in [3.63, 3.8) is 0 Å². The molecule has 0 spiro atoms. The number of amides is 2. The Morgan fingerprint density at radius 3 is 2.28 bits per heavy atom. The minimum absolute atomic E-state index is 0.00196. The van der Waals surface area contributed by atoms with Crippen molar-refractivity contribution in [2.75, 3.05) is 10.6 Å². The lowest BCUT2D eigenvalue weighted by Crippen LogP contribution is -2.19. The first-order valence-corrected chi connectivity index (χ1v) is 13.0. The topological polar surface area (TPSA) is 131 Å². The van der Waals surface area contributed by atoms with Crippen LogP contribution >= 0.6 is 15.9 Å². The number of rotatable bonds is 6. The number of nitrogens with two attached hydrogens (primary N) is 1. The number of hydrogen-bond acceptors (Lipinski definition) is 5. The molecule has 0 aliphatic rings. The van der Waals surface area contributed by atoms with Crippen LogP contribution in [0.25, 0.3) is 11.1 Å². The van der Waals surface area contributed by atoms with Crippen LogP contribution in [0.15, 0.2) is 94.4 Å². The smallest absolute Gasteiger partial charge is 0.258 e. The molecule has 36 heavy (non-hydrogen) atoms. The van der Waals surface area contributed by atoms with Gasteiger partial charge >= 0.3 is 0 Å². The largest absolute Gasteiger partial charge is 0.321 e. The van der Waals surface area contributed by atoms with Crippen molar-refractivity contribution in [3.05, 3.63) is 106 Å². The van der Waals surface area contributed by atoms with Crippen LogP contribution in [0.5, 0.6) is 0 Å². The third-order valence-electron chi connectivity index (χ3n) is 5.29. The molecule has 0 saturated heterocycles. The summed E-state index contributed by atoms with van der Waals surface area (Å²) in [7, 11) is -3.91. The van der Waals surface area contributed by atoms with Gasteiger partial charge in [0.15, 0.2) is 0 Å². The Morgan fingerprint density at radius 1 is 0.889 bits per heavy atom. The standard InChI is InChI=1S/C26H21BrN4O4S/c1-16-6-12-21(26(33)31-24-13-11-19(27)15-29-24)22(14-16)30-25(32)18-9-7-17(8-10-18)20-4-2-3-5-23(20)36(28,34)35/h2-15H,1H3,(H,30,32)(H2,28,34,35)(H,29,31,33). The Morgan fingerprint density at radius 2 is 1.61 bits per heavy atom. The van der Waals surface area contributed by atoms with Gasteiger partial charge in [-0.05, 0) is 76.4 Å². The zero-order valence-electron chi connectivity index (χ0n) is 19.0. The summed E-state index contributed by atoms with van der Waals surface area (Å²) in [5, 5.41) is 10.8. The van der Waals surface area contributed by atoms with Crippen molar-refractivity contribution in [2.24, 2.45) is 5.14 Å². The first kappa shape index (κ1) is 25.2. The molecule has 8 nitrogen and oxygen atoms in total. The number of carbonyl (C=O) groups excluding carboxylic acids is 2. The predicted octanol–water partition coefficient (Wildman–Crippen LogP) is 4.97. The molecule has 4 aromatic rings. The van der Waals surface area contributed by atoms with E-state index in [0.29, 0.717) is 28.2 Å². The van der Waals surface area contributed by atoms with E-state index in [4.69, 9.17) is 5.14 Å². The maximum atomic E-state index is 13.0. The van der Waals surface area contributed by atoms with Gasteiger partial charge < -0.3 is 10.6 Å². The van der Waals surface area contributed by atoms with Crippen molar-refractivity contribution >= 4 is 49.3 Å². The van der Waals surface area contributed by atoms with E-state index in [9.17, 15) is 18.0 Å². The van der Waals surface area contributed by atoms with Crippen molar-refractivity contribution in [2.45, 2.75) is 11.8 Å². The monoisotopic (exact) mass is 564 g/mol. The summed E-state index contributed by atoms with van der Waals surface area (Å²) in [5.41, 5.74) is 2.84. The van der Waals surface area contributed by atoms with E-state index in [2.05, 4.69) is 31.5 Å². The molecule has 0 aliphatic carbocycles. The number of aromatic nitrogens is 1. The number of anilines is 2. The van der Waals surface area contributed by atoms with Crippen LogP contribution in [0.3, 0.4) is 0 Å². The highest BCUT2D eigenvalue weighted by Gasteiger charge is 2.17. The van der Waals surface area contributed by atoms with E-state index in [1.54, 1.807) is 79.0 Å². The number of sulfonamides is 1. The van der Waals surface area contributed by atoms with Crippen LogP contribution in [0.2, 0.25) is 0 Å². The zero-order chi connectivity index (χ0) is 25.9. The highest BCUT2D eigenvalue weighted by molar-refractivity contribution is 9.10. The van der Waals surface area contributed by atoms with E-state index < -0.39 is 21.8 Å². The molecule has 0 unspecified atom stereocenters. The van der Waals surface area contributed by atoms with Gasteiger partial charge in [-0.2, -0.15) is 0 Å². The first-order chi connectivity index (χ1) is 17.1. The molecule has 4 N–H and O–H groups in total. The fraction of sp³-hybridized carbons (Fsp3) is 0.0385. The van der Waals surface area contributed by atoms with Gasteiger partial charge in [0.05, 0.1) is 16.1 Å². The van der Waals surface area contributed by atoms with Crippen LogP contribution in [-0.4, -0.2) is 25.2 Å². The number of carbonyl (C=O) groups is 2. The molecule has 10 heteroatoms. The molecule has 1 aromatic heterocycles. The fourth-order valence-corrected chi connectivity index (χ4v) is 4.54. The number of aryl methyl sites for hydroxylation is 1. The number of benzene rings is 3. The average molecular weight is 565 g/mol.